The van der Waals surface area contributed by atoms with Gasteiger partial charge >= 0.3 is 11.9 Å². The summed E-state index contributed by atoms with van der Waals surface area (Å²) in [5.74, 6) is -2.87. The van der Waals surface area contributed by atoms with Crippen molar-refractivity contribution in [1.82, 2.24) is 0 Å². The van der Waals surface area contributed by atoms with Gasteiger partial charge < -0.3 is 20.1 Å². The number of nitrogens with zero attached hydrogens (tertiary/aromatic N) is 1. The van der Waals surface area contributed by atoms with E-state index in [0.29, 0.717) is 16.9 Å². The van der Waals surface area contributed by atoms with Crippen LogP contribution in [-0.2, 0) is 19.1 Å². The standard InChI is InChI=1S/C31H28ClN3O7/c1-17(2)41-30(39)19-8-12-22(13-9-19)34-27(36)21-6-5-7-23(16-21)33-26-25(32)28(37)35(29(26)38)24-14-10-20(11-15-24)31(40)42-18(3)4/h5-18,33H,1-4H3,(H,34,36). The van der Waals surface area contributed by atoms with Crippen molar-refractivity contribution < 1.29 is 33.4 Å². The summed E-state index contributed by atoms with van der Waals surface area (Å²) in [7, 11) is 0. The molecule has 0 aliphatic carbocycles. The molecule has 0 fully saturated rings. The highest BCUT2D eigenvalue weighted by Gasteiger charge is 2.39. The van der Waals surface area contributed by atoms with Crippen molar-refractivity contribution in [2.45, 2.75) is 39.9 Å². The number of ether oxygens (including phenoxy) is 2. The molecule has 0 spiro atoms. The second-order valence-corrected chi connectivity index (χ2v) is 10.2. The van der Waals surface area contributed by atoms with Crippen molar-refractivity contribution in [2.75, 3.05) is 15.5 Å². The number of hydrogen-bond acceptors (Lipinski definition) is 8. The molecule has 0 radical (unpaired) electrons. The Hall–Kier alpha value is -4.96. The van der Waals surface area contributed by atoms with E-state index < -0.39 is 29.7 Å². The smallest absolute Gasteiger partial charge is 0.338 e. The van der Waals surface area contributed by atoms with Gasteiger partial charge in [-0.15, -0.1) is 0 Å². The quantitative estimate of drug-likeness (QED) is 0.247. The van der Waals surface area contributed by atoms with Gasteiger partial charge in [0, 0.05) is 16.9 Å². The average Bonchev–Trinajstić information content (AvgIpc) is 3.15. The number of nitrogens with one attached hydrogen (secondary N) is 2. The van der Waals surface area contributed by atoms with Gasteiger partial charge in [-0.25, -0.2) is 14.5 Å². The molecule has 0 aromatic heterocycles. The maximum Gasteiger partial charge on any atom is 0.338 e. The first-order valence-electron chi connectivity index (χ1n) is 13.0. The Kier molecular flexibility index (Phi) is 9.07. The lowest BCUT2D eigenvalue weighted by Gasteiger charge is -2.16. The molecule has 0 atom stereocenters. The number of hydrogen-bond donors (Lipinski definition) is 2. The summed E-state index contributed by atoms with van der Waals surface area (Å²) in [5.41, 5.74) is 1.75. The van der Waals surface area contributed by atoms with Gasteiger partial charge in [0.2, 0.25) is 0 Å². The molecule has 0 bridgehead atoms. The first-order chi connectivity index (χ1) is 19.9. The molecule has 0 saturated heterocycles. The van der Waals surface area contributed by atoms with Crippen LogP contribution in [0.5, 0.6) is 0 Å². The lowest BCUT2D eigenvalue weighted by Crippen LogP contribution is -2.32. The molecule has 0 unspecified atom stereocenters. The summed E-state index contributed by atoms with van der Waals surface area (Å²) >= 11 is 6.25. The topological polar surface area (TPSA) is 131 Å². The molecule has 3 aromatic carbocycles. The molecule has 1 heterocycles. The van der Waals surface area contributed by atoms with E-state index >= 15 is 0 Å². The van der Waals surface area contributed by atoms with Crippen molar-refractivity contribution in [3.05, 3.63) is 100 Å². The van der Waals surface area contributed by atoms with E-state index in [9.17, 15) is 24.0 Å². The summed E-state index contributed by atoms with van der Waals surface area (Å²) in [4.78, 5) is 64.0. The van der Waals surface area contributed by atoms with E-state index in [-0.39, 0.29) is 39.8 Å². The highest BCUT2D eigenvalue weighted by molar-refractivity contribution is 6.53. The number of carbonyl (C=O) groups excluding carboxylic acids is 5. The first-order valence-corrected chi connectivity index (χ1v) is 13.4. The number of rotatable bonds is 9. The Bertz CT molecular complexity index is 1580. The highest BCUT2D eigenvalue weighted by atomic mass is 35.5. The number of anilines is 3. The van der Waals surface area contributed by atoms with Gasteiger partial charge in [-0.05, 0) is 94.4 Å². The van der Waals surface area contributed by atoms with E-state index in [4.69, 9.17) is 21.1 Å². The van der Waals surface area contributed by atoms with Crippen LogP contribution in [0.2, 0.25) is 0 Å². The third kappa shape index (κ3) is 6.84. The zero-order chi connectivity index (χ0) is 30.6. The zero-order valence-electron chi connectivity index (χ0n) is 23.3. The van der Waals surface area contributed by atoms with Gasteiger partial charge in [-0.1, -0.05) is 17.7 Å². The van der Waals surface area contributed by atoms with Crippen LogP contribution in [0.4, 0.5) is 17.1 Å². The van der Waals surface area contributed by atoms with Crippen LogP contribution in [0.3, 0.4) is 0 Å². The zero-order valence-corrected chi connectivity index (χ0v) is 24.0. The van der Waals surface area contributed by atoms with Gasteiger partial charge in [0.15, 0.2) is 0 Å². The van der Waals surface area contributed by atoms with Crippen LogP contribution >= 0.6 is 11.6 Å². The first kappa shape index (κ1) is 30.0. The molecular formula is C31H28ClN3O7. The Morgan fingerprint density at radius 3 is 1.81 bits per heavy atom. The second kappa shape index (κ2) is 12.7. The third-order valence-electron chi connectivity index (χ3n) is 5.85. The summed E-state index contributed by atoms with van der Waals surface area (Å²) in [6.45, 7) is 6.96. The Morgan fingerprint density at radius 1 is 0.714 bits per heavy atom. The lowest BCUT2D eigenvalue weighted by atomic mass is 10.1. The second-order valence-electron chi connectivity index (χ2n) is 9.83. The number of benzene rings is 3. The molecule has 3 aromatic rings. The molecule has 216 valence electrons. The predicted octanol–water partition coefficient (Wildman–Crippen LogP) is 5.51. The molecule has 3 amide bonds. The maximum atomic E-state index is 13.2. The van der Waals surface area contributed by atoms with Crippen molar-refractivity contribution in [1.29, 1.82) is 0 Å². The van der Waals surface area contributed by atoms with Gasteiger partial charge in [-0.2, -0.15) is 0 Å². The van der Waals surface area contributed by atoms with Crippen LogP contribution in [0.1, 0.15) is 58.8 Å². The summed E-state index contributed by atoms with van der Waals surface area (Å²) in [6, 6.07) is 18.3. The van der Waals surface area contributed by atoms with Crippen LogP contribution < -0.4 is 15.5 Å². The number of imide groups is 1. The van der Waals surface area contributed by atoms with Crippen LogP contribution in [-0.4, -0.2) is 41.9 Å². The minimum atomic E-state index is -0.740. The predicted molar refractivity (Wildman–Crippen MR) is 157 cm³/mol. The van der Waals surface area contributed by atoms with Gasteiger partial charge in [-0.3, -0.25) is 14.4 Å². The van der Waals surface area contributed by atoms with Crippen molar-refractivity contribution in [3.8, 4) is 0 Å². The normalized spacial score (nSPS) is 13.1. The highest BCUT2D eigenvalue weighted by Crippen LogP contribution is 2.30. The molecule has 0 saturated carbocycles. The van der Waals surface area contributed by atoms with E-state index in [1.807, 2.05) is 0 Å². The van der Waals surface area contributed by atoms with E-state index in [1.165, 1.54) is 30.3 Å². The Labute approximate surface area is 247 Å². The van der Waals surface area contributed by atoms with Crippen LogP contribution in [0.25, 0.3) is 0 Å². The van der Waals surface area contributed by atoms with Crippen LogP contribution in [0.15, 0.2) is 83.5 Å². The van der Waals surface area contributed by atoms with E-state index in [1.54, 1.807) is 70.2 Å². The van der Waals surface area contributed by atoms with Gasteiger partial charge in [0.1, 0.15) is 10.7 Å². The monoisotopic (exact) mass is 589 g/mol. The minimum absolute atomic E-state index is 0.161. The molecule has 42 heavy (non-hydrogen) atoms. The number of esters is 2. The largest absolute Gasteiger partial charge is 0.459 e. The number of carbonyl (C=O) groups is 5. The fourth-order valence-corrected chi connectivity index (χ4v) is 4.14. The number of amides is 3. The summed E-state index contributed by atoms with van der Waals surface area (Å²) in [5, 5.41) is 5.26. The van der Waals surface area contributed by atoms with Gasteiger partial charge in [0.25, 0.3) is 17.7 Å². The molecule has 2 N–H and O–H groups in total. The molecule has 4 rings (SSSR count). The molecule has 11 heteroatoms. The SMILES string of the molecule is CC(C)OC(=O)c1ccc(NC(=O)c2cccc(NC3=C(Cl)C(=O)N(c4ccc(C(=O)OC(C)C)cc4)C3=O)c2)cc1. The van der Waals surface area contributed by atoms with Crippen LogP contribution in [0, 0.1) is 0 Å². The molecule has 1 aliphatic heterocycles. The molecule has 1 aliphatic rings. The fraction of sp³-hybridized carbons (Fsp3) is 0.194. The maximum absolute atomic E-state index is 13.2. The van der Waals surface area contributed by atoms with E-state index in [0.717, 1.165) is 4.90 Å². The number of halogens is 1. The minimum Gasteiger partial charge on any atom is -0.459 e. The summed E-state index contributed by atoms with van der Waals surface area (Å²) < 4.78 is 10.3. The van der Waals surface area contributed by atoms with Crippen molar-refractivity contribution >= 4 is 58.3 Å². The van der Waals surface area contributed by atoms with Gasteiger partial charge in [0.05, 0.1) is 29.0 Å². The third-order valence-corrected chi connectivity index (χ3v) is 6.20. The Morgan fingerprint density at radius 2 is 1.26 bits per heavy atom. The molecule has 10 nitrogen and oxygen atoms in total. The van der Waals surface area contributed by atoms with E-state index in [2.05, 4.69) is 10.6 Å². The lowest BCUT2D eigenvalue weighted by molar-refractivity contribution is -0.120. The Balaban J connectivity index is 1.44. The fourth-order valence-electron chi connectivity index (χ4n) is 3.93. The average molecular weight is 590 g/mol. The summed E-state index contributed by atoms with van der Waals surface area (Å²) in [6.07, 6.45) is -0.550. The van der Waals surface area contributed by atoms with Crippen molar-refractivity contribution in [2.24, 2.45) is 0 Å². The van der Waals surface area contributed by atoms with Crippen molar-refractivity contribution in [3.63, 3.8) is 0 Å². The molecular weight excluding hydrogens is 562 g/mol.